The van der Waals surface area contributed by atoms with E-state index in [1.54, 1.807) is 6.92 Å². The highest BCUT2D eigenvalue weighted by atomic mass is 127. The fourth-order valence-electron chi connectivity index (χ4n) is 0.840. The van der Waals surface area contributed by atoms with Crippen LogP contribution in [0.4, 0.5) is 5.69 Å². The summed E-state index contributed by atoms with van der Waals surface area (Å²) in [5.74, 6) is -0.180. The number of carbonyl (C=O) groups excluding carboxylic acids is 1. The van der Waals surface area contributed by atoms with E-state index in [1.165, 1.54) is 0 Å². The second-order valence-corrected chi connectivity index (χ2v) is 4.98. The lowest BCUT2D eigenvalue weighted by atomic mass is 10.3. The largest absolute Gasteiger partial charge is 0.324 e. The number of halogens is 2. The fraction of sp³-hybridized carbons (Fsp3) is 0.222. The highest BCUT2D eigenvalue weighted by Crippen LogP contribution is 2.22. The van der Waals surface area contributed by atoms with E-state index in [0.717, 1.165) is 13.7 Å². The molecule has 0 aliphatic heterocycles. The second kappa shape index (κ2) is 5.09. The summed E-state index contributed by atoms with van der Waals surface area (Å²) in [5.41, 5.74) is 6.23. The molecule has 0 unspecified atom stereocenters. The fourth-order valence-corrected chi connectivity index (χ4v) is 1.67. The van der Waals surface area contributed by atoms with Crippen LogP contribution in [0, 0.1) is 3.57 Å². The van der Waals surface area contributed by atoms with Crippen LogP contribution in [0.2, 0.25) is 0 Å². The van der Waals surface area contributed by atoms with Crippen molar-refractivity contribution in [1.29, 1.82) is 0 Å². The predicted octanol–water partition coefficient (Wildman–Crippen LogP) is 2.34. The van der Waals surface area contributed by atoms with Gasteiger partial charge in [-0.15, -0.1) is 0 Å². The van der Waals surface area contributed by atoms with E-state index >= 15 is 0 Å². The van der Waals surface area contributed by atoms with Crippen LogP contribution in [0.15, 0.2) is 22.7 Å². The summed E-state index contributed by atoms with van der Waals surface area (Å²) in [7, 11) is 0. The minimum absolute atomic E-state index is 0.180. The Hall–Kier alpha value is -0.140. The van der Waals surface area contributed by atoms with E-state index in [9.17, 15) is 4.79 Å². The Morgan fingerprint density at radius 2 is 2.29 bits per heavy atom. The highest BCUT2D eigenvalue weighted by molar-refractivity contribution is 14.1. The predicted molar refractivity (Wildman–Crippen MR) is 69.1 cm³/mol. The Morgan fingerprint density at radius 1 is 1.64 bits per heavy atom. The number of nitrogens with one attached hydrogen (secondary N) is 1. The van der Waals surface area contributed by atoms with Gasteiger partial charge in [0.1, 0.15) is 0 Å². The van der Waals surface area contributed by atoms with Gasteiger partial charge in [-0.05, 0) is 47.7 Å². The lowest BCUT2D eigenvalue weighted by Gasteiger charge is -2.09. The number of rotatable bonds is 2. The number of anilines is 1. The molecule has 14 heavy (non-hydrogen) atoms. The van der Waals surface area contributed by atoms with Crippen molar-refractivity contribution in [2.24, 2.45) is 5.73 Å². The smallest absolute Gasteiger partial charge is 0.241 e. The minimum atomic E-state index is -0.496. The maximum absolute atomic E-state index is 11.3. The third-order valence-corrected chi connectivity index (χ3v) is 3.03. The van der Waals surface area contributed by atoms with Crippen molar-refractivity contribution in [2.45, 2.75) is 13.0 Å². The molecule has 0 aromatic heterocycles. The summed E-state index contributed by atoms with van der Waals surface area (Å²) < 4.78 is 1.91. The lowest BCUT2D eigenvalue weighted by molar-refractivity contribution is -0.117. The van der Waals surface area contributed by atoms with Crippen molar-refractivity contribution in [1.82, 2.24) is 0 Å². The average molecular weight is 369 g/mol. The van der Waals surface area contributed by atoms with E-state index in [2.05, 4.69) is 43.8 Å². The molecule has 3 N–H and O–H groups in total. The zero-order chi connectivity index (χ0) is 10.7. The standard InChI is InChI=1S/C9H10BrIN2O/c1-5(12)9(14)13-8-4-6(10)2-3-7(8)11/h2-5H,12H2,1H3,(H,13,14)/t5-/m0/s1. The van der Waals surface area contributed by atoms with Gasteiger partial charge < -0.3 is 11.1 Å². The molecule has 1 amide bonds. The summed E-state index contributed by atoms with van der Waals surface area (Å²) in [6, 6.07) is 5.19. The third kappa shape index (κ3) is 3.21. The normalized spacial score (nSPS) is 12.3. The molecule has 3 nitrogen and oxygen atoms in total. The zero-order valence-electron chi connectivity index (χ0n) is 7.55. The molecule has 0 fully saturated rings. The summed E-state index contributed by atoms with van der Waals surface area (Å²) >= 11 is 5.49. The number of amides is 1. The number of benzene rings is 1. The SMILES string of the molecule is C[C@H](N)C(=O)Nc1cc(Br)ccc1I. The van der Waals surface area contributed by atoms with E-state index < -0.39 is 6.04 Å². The van der Waals surface area contributed by atoms with E-state index in [4.69, 9.17) is 5.73 Å². The van der Waals surface area contributed by atoms with Crippen LogP contribution in [0.3, 0.4) is 0 Å². The summed E-state index contributed by atoms with van der Waals surface area (Å²) in [4.78, 5) is 11.3. The van der Waals surface area contributed by atoms with Gasteiger partial charge in [0, 0.05) is 8.04 Å². The Kier molecular flexibility index (Phi) is 4.33. The van der Waals surface area contributed by atoms with Gasteiger partial charge in [0.25, 0.3) is 0 Å². The van der Waals surface area contributed by atoms with E-state index in [-0.39, 0.29) is 5.91 Å². The van der Waals surface area contributed by atoms with Crippen molar-refractivity contribution >= 4 is 50.1 Å². The molecule has 0 saturated heterocycles. The van der Waals surface area contributed by atoms with Gasteiger partial charge in [-0.2, -0.15) is 0 Å². The molecule has 0 saturated carbocycles. The van der Waals surface area contributed by atoms with Crippen molar-refractivity contribution in [3.8, 4) is 0 Å². The topological polar surface area (TPSA) is 55.1 Å². The van der Waals surface area contributed by atoms with Crippen LogP contribution in [0.25, 0.3) is 0 Å². The molecule has 0 aliphatic carbocycles. The Balaban J connectivity index is 2.86. The van der Waals surface area contributed by atoms with E-state index in [1.807, 2.05) is 18.2 Å². The first kappa shape index (κ1) is 11.9. The molecule has 0 spiro atoms. The molecule has 0 aliphatic rings. The Morgan fingerprint density at radius 3 is 2.86 bits per heavy atom. The quantitative estimate of drug-likeness (QED) is 0.787. The molecule has 1 aromatic rings. The zero-order valence-corrected chi connectivity index (χ0v) is 11.3. The van der Waals surface area contributed by atoms with E-state index in [0.29, 0.717) is 0 Å². The van der Waals surface area contributed by atoms with Gasteiger partial charge in [-0.25, -0.2) is 0 Å². The van der Waals surface area contributed by atoms with Gasteiger partial charge in [-0.1, -0.05) is 15.9 Å². The number of hydrogen-bond donors (Lipinski definition) is 2. The van der Waals surface area contributed by atoms with Crippen LogP contribution in [0.5, 0.6) is 0 Å². The molecule has 0 heterocycles. The minimum Gasteiger partial charge on any atom is -0.324 e. The van der Waals surface area contributed by atoms with Gasteiger partial charge in [0.15, 0.2) is 0 Å². The number of hydrogen-bond acceptors (Lipinski definition) is 2. The third-order valence-electron chi connectivity index (χ3n) is 1.60. The lowest BCUT2D eigenvalue weighted by Crippen LogP contribution is -2.32. The number of nitrogens with two attached hydrogens (primary N) is 1. The van der Waals surface area contributed by atoms with Crippen LogP contribution in [-0.4, -0.2) is 11.9 Å². The molecule has 0 radical (unpaired) electrons. The van der Waals surface area contributed by atoms with Crippen molar-refractivity contribution in [3.05, 3.63) is 26.2 Å². The molecular weight excluding hydrogens is 359 g/mol. The monoisotopic (exact) mass is 368 g/mol. The molecule has 0 bridgehead atoms. The molecule has 1 aromatic carbocycles. The molecule has 76 valence electrons. The van der Waals surface area contributed by atoms with Crippen LogP contribution >= 0.6 is 38.5 Å². The van der Waals surface area contributed by atoms with Crippen molar-refractivity contribution in [2.75, 3.05) is 5.32 Å². The van der Waals surface area contributed by atoms with Gasteiger partial charge >= 0.3 is 0 Å². The van der Waals surface area contributed by atoms with Gasteiger partial charge in [0.2, 0.25) is 5.91 Å². The summed E-state index contributed by atoms with van der Waals surface area (Å²) in [6.07, 6.45) is 0. The summed E-state index contributed by atoms with van der Waals surface area (Å²) in [5, 5.41) is 2.75. The maximum atomic E-state index is 11.3. The number of carbonyl (C=O) groups is 1. The molecule has 1 rings (SSSR count). The second-order valence-electron chi connectivity index (χ2n) is 2.90. The van der Waals surface area contributed by atoms with Crippen LogP contribution in [-0.2, 0) is 4.79 Å². The van der Waals surface area contributed by atoms with Crippen molar-refractivity contribution < 1.29 is 4.79 Å². The summed E-state index contributed by atoms with van der Waals surface area (Å²) in [6.45, 7) is 1.65. The Labute approximate surface area is 105 Å². The highest BCUT2D eigenvalue weighted by Gasteiger charge is 2.09. The first-order chi connectivity index (χ1) is 6.50. The first-order valence-corrected chi connectivity index (χ1v) is 5.89. The Bertz CT molecular complexity index is 355. The average Bonchev–Trinajstić information content (AvgIpc) is 2.11. The first-order valence-electron chi connectivity index (χ1n) is 4.02. The molecule has 1 atom stereocenters. The van der Waals surface area contributed by atoms with Crippen LogP contribution < -0.4 is 11.1 Å². The molecular formula is C9H10BrIN2O. The maximum Gasteiger partial charge on any atom is 0.241 e. The van der Waals surface area contributed by atoms with Crippen LogP contribution in [0.1, 0.15) is 6.92 Å². The van der Waals surface area contributed by atoms with Crippen molar-refractivity contribution in [3.63, 3.8) is 0 Å². The molecule has 5 heteroatoms. The van der Waals surface area contributed by atoms with Gasteiger partial charge in [0.05, 0.1) is 11.7 Å². The van der Waals surface area contributed by atoms with Gasteiger partial charge in [-0.3, -0.25) is 4.79 Å².